The normalized spacial score (nSPS) is 11.8. The second-order valence-electron chi connectivity index (χ2n) is 12.0. The number of rotatable bonds is 3. The van der Waals surface area contributed by atoms with Crippen molar-refractivity contribution >= 4 is 71.2 Å². The van der Waals surface area contributed by atoms with Crippen molar-refractivity contribution in [1.29, 1.82) is 0 Å². The van der Waals surface area contributed by atoms with E-state index in [1.807, 2.05) is 6.07 Å². The van der Waals surface area contributed by atoms with Crippen LogP contribution in [0.15, 0.2) is 156 Å². The molecule has 0 aliphatic carbocycles. The Morgan fingerprint density at radius 2 is 0.957 bits per heavy atom. The molecule has 0 aliphatic rings. The van der Waals surface area contributed by atoms with E-state index in [1.165, 1.54) is 10.8 Å². The molecule has 7 aromatic carbocycles. The fourth-order valence-electron chi connectivity index (χ4n) is 7.59. The Kier molecular flexibility index (Phi) is 5.32. The molecular weight excluding hydrogens is 574 g/mol. The highest BCUT2D eigenvalue weighted by atomic mass is 16.3. The molecule has 0 N–H and O–H groups in total. The van der Waals surface area contributed by atoms with E-state index in [2.05, 4.69) is 160 Å². The highest BCUT2D eigenvalue weighted by Gasteiger charge is 2.26. The average Bonchev–Trinajstić information content (AvgIpc) is 3.80. The van der Waals surface area contributed by atoms with E-state index >= 15 is 0 Å². The van der Waals surface area contributed by atoms with Gasteiger partial charge in [0.2, 0.25) is 5.69 Å². The summed E-state index contributed by atoms with van der Waals surface area (Å²) >= 11 is 0. The van der Waals surface area contributed by atoms with E-state index in [9.17, 15) is 0 Å². The molecule has 0 bridgehead atoms. The van der Waals surface area contributed by atoms with Gasteiger partial charge >= 0.3 is 0 Å². The zero-order valence-electron chi connectivity index (χ0n) is 25.2. The van der Waals surface area contributed by atoms with Crippen molar-refractivity contribution in [2.45, 2.75) is 0 Å². The number of furan rings is 1. The first-order valence-electron chi connectivity index (χ1n) is 15.7. The average molecular weight is 600 g/mol. The SMILES string of the molecule is [C-]#[N+]c1cc(-n2c3ccccc3c3ccccc32)c2c(oc3c(-c4ccccc4)cccc32)c1-n1c2ccccc2c2ccccc21. The number of benzene rings is 7. The van der Waals surface area contributed by atoms with Gasteiger partial charge in [0.1, 0.15) is 5.58 Å². The summed E-state index contributed by atoms with van der Waals surface area (Å²) < 4.78 is 11.6. The third kappa shape index (κ3) is 3.51. The van der Waals surface area contributed by atoms with Crippen molar-refractivity contribution < 1.29 is 4.42 Å². The molecule has 4 nitrogen and oxygen atoms in total. The predicted molar refractivity (Wildman–Crippen MR) is 194 cm³/mol. The Bertz CT molecular complexity index is 2810. The van der Waals surface area contributed by atoms with E-state index < -0.39 is 0 Å². The van der Waals surface area contributed by atoms with Crippen LogP contribution in [-0.4, -0.2) is 9.13 Å². The van der Waals surface area contributed by atoms with Gasteiger partial charge in [-0.15, -0.1) is 0 Å². The second-order valence-corrected chi connectivity index (χ2v) is 12.0. The van der Waals surface area contributed by atoms with Gasteiger partial charge in [-0.25, -0.2) is 4.85 Å². The molecular formula is C43H25N3O. The van der Waals surface area contributed by atoms with Gasteiger partial charge in [-0.1, -0.05) is 121 Å². The monoisotopic (exact) mass is 599 g/mol. The highest BCUT2D eigenvalue weighted by molar-refractivity contribution is 6.20. The van der Waals surface area contributed by atoms with Crippen LogP contribution in [0.5, 0.6) is 0 Å². The predicted octanol–water partition coefficient (Wildman–Crippen LogP) is 12.0. The molecule has 0 atom stereocenters. The minimum absolute atomic E-state index is 0.529. The van der Waals surface area contributed by atoms with Crippen molar-refractivity contribution in [2.75, 3.05) is 0 Å². The topological polar surface area (TPSA) is 27.4 Å². The second kappa shape index (κ2) is 9.71. The zero-order valence-corrected chi connectivity index (χ0v) is 25.2. The molecule has 10 aromatic rings. The molecule has 0 spiro atoms. The Morgan fingerprint density at radius 3 is 1.51 bits per heavy atom. The third-order valence-electron chi connectivity index (χ3n) is 9.53. The summed E-state index contributed by atoms with van der Waals surface area (Å²) in [4.78, 5) is 4.23. The number of hydrogen-bond donors (Lipinski definition) is 0. The Morgan fingerprint density at radius 1 is 0.468 bits per heavy atom. The van der Waals surface area contributed by atoms with Gasteiger partial charge in [-0.3, -0.25) is 0 Å². The van der Waals surface area contributed by atoms with Crippen LogP contribution in [0.25, 0.3) is 92.9 Å². The lowest BCUT2D eigenvalue weighted by Crippen LogP contribution is -1.99. The number of nitrogens with zero attached hydrogens (tertiary/aromatic N) is 3. The van der Waals surface area contributed by atoms with Crippen LogP contribution in [0.4, 0.5) is 5.69 Å². The molecule has 0 radical (unpaired) electrons. The molecule has 3 heterocycles. The van der Waals surface area contributed by atoms with Crippen molar-refractivity contribution in [1.82, 2.24) is 9.13 Å². The minimum Gasteiger partial charge on any atom is -0.454 e. The number of fused-ring (bicyclic) bond motifs is 9. The zero-order chi connectivity index (χ0) is 31.1. The van der Waals surface area contributed by atoms with Gasteiger partial charge in [-0.2, -0.15) is 0 Å². The molecule has 0 fully saturated rings. The molecule has 10 rings (SSSR count). The van der Waals surface area contributed by atoms with Crippen LogP contribution in [0.2, 0.25) is 0 Å². The summed E-state index contributed by atoms with van der Waals surface area (Å²) in [5.41, 5.74) is 10.1. The number of aromatic nitrogens is 2. The van der Waals surface area contributed by atoms with Gasteiger partial charge in [0.05, 0.1) is 39.7 Å². The van der Waals surface area contributed by atoms with E-state index in [0.29, 0.717) is 11.3 Å². The quantitative estimate of drug-likeness (QED) is 0.186. The summed E-state index contributed by atoms with van der Waals surface area (Å²) in [6.07, 6.45) is 0. The van der Waals surface area contributed by atoms with Crippen LogP contribution in [0.1, 0.15) is 0 Å². The number of hydrogen-bond acceptors (Lipinski definition) is 1. The van der Waals surface area contributed by atoms with Crippen LogP contribution in [-0.2, 0) is 0 Å². The number of para-hydroxylation sites is 5. The maximum Gasteiger partial charge on any atom is 0.216 e. The molecule has 0 saturated carbocycles. The van der Waals surface area contributed by atoms with Crippen LogP contribution in [0, 0.1) is 6.57 Å². The van der Waals surface area contributed by atoms with Gasteiger partial charge in [0.25, 0.3) is 0 Å². The largest absolute Gasteiger partial charge is 0.454 e. The molecule has 0 unspecified atom stereocenters. The lowest BCUT2D eigenvalue weighted by atomic mass is 10.0. The maximum atomic E-state index is 8.60. The van der Waals surface area contributed by atoms with Crippen LogP contribution in [0.3, 0.4) is 0 Å². The summed E-state index contributed by atoms with van der Waals surface area (Å²) in [7, 11) is 0. The van der Waals surface area contributed by atoms with Gasteiger partial charge < -0.3 is 13.6 Å². The molecule has 0 saturated heterocycles. The van der Waals surface area contributed by atoms with Crippen LogP contribution < -0.4 is 0 Å². The highest BCUT2D eigenvalue weighted by Crippen LogP contribution is 2.48. The third-order valence-corrected chi connectivity index (χ3v) is 9.53. The standard InChI is InChI=1S/C43H25N3O/c1-44-34-26-39(45-35-22-9-5-16-29(35)30-17-6-10-23-36(30)45)40-33-21-13-20-28(27-14-3-2-4-15-27)42(33)47-43(40)41(34)46-37-24-11-7-18-31(37)32-19-8-12-25-38(32)46/h2-26H. The fraction of sp³-hybridized carbons (Fsp3) is 0. The molecule has 3 aromatic heterocycles. The van der Waals surface area contributed by atoms with Crippen molar-refractivity contribution in [3.63, 3.8) is 0 Å². The summed E-state index contributed by atoms with van der Waals surface area (Å²) in [5, 5.41) is 6.61. The first kappa shape index (κ1) is 25.7. The van der Waals surface area contributed by atoms with Crippen molar-refractivity contribution in [3.05, 3.63) is 163 Å². The molecule has 218 valence electrons. The summed E-state index contributed by atoms with van der Waals surface area (Å²) in [5.74, 6) is 0. The molecule has 0 aliphatic heterocycles. The van der Waals surface area contributed by atoms with Gasteiger partial charge in [0, 0.05) is 38.2 Å². The maximum absolute atomic E-state index is 8.60. The Labute approximate surface area is 269 Å². The molecule has 0 amide bonds. The minimum atomic E-state index is 0.529. The van der Waals surface area contributed by atoms with E-state index in [0.717, 1.165) is 71.7 Å². The van der Waals surface area contributed by atoms with Gasteiger partial charge in [0.15, 0.2) is 5.58 Å². The Balaban J connectivity index is 1.45. The first-order valence-corrected chi connectivity index (χ1v) is 15.7. The Hall–Kier alpha value is -6.57. The summed E-state index contributed by atoms with van der Waals surface area (Å²) in [6.45, 7) is 8.60. The molecule has 47 heavy (non-hydrogen) atoms. The van der Waals surface area contributed by atoms with E-state index in [1.54, 1.807) is 0 Å². The van der Waals surface area contributed by atoms with E-state index in [-0.39, 0.29) is 0 Å². The van der Waals surface area contributed by atoms with Crippen LogP contribution >= 0.6 is 0 Å². The lowest BCUT2D eigenvalue weighted by molar-refractivity contribution is 0.667. The fourth-order valence-corrected chi connectivity index (χ4v) is 7.59. The smallest absolute Gasteiger partial charge is 0.216 e. The van der Waals surface area contributed by atoms with Gasteiger partial charge in [-0.05, 0) is 35.9 Å². The lowest BCUT2D eigenvalue weighted by Gasteiger charge is -2.16. The molecule has 4 heteroatoms. The summed E-state index contributed by atoms with van der Waals surface area (Å²) in [6, 6.07) is 52.7. The first-order chi connectivity index (χ1) is 23.3. The van der Waals surface area contributed by atoms with Crippen molar-refractivity contribution in [3.8, 4) is 22.5 Å². The van der Waals surface area contributed by atoms with E-state index in [4.69, 9.17) is 11.0 Å². The van der Waals surface area contributed by atoms with Crippen molar-refractivity contribution in [2.24, 2.45) is 0 Å².